The second-order valence-electron chi connectivity index (χ2n) is 7.86. The Bertz CT molecular complexity index is 1400. The van der Waals surface area contributed by atoms with Crippen molar-refractivity contribution < 1.29 is 13.5 Å². The molecule has 0 saturated heterocycles. The van der Waals surface area contributed by atoms with Gasteiger partial charge >= 0.3 is 0 Å². The Kier molecular flexibility index (Phi) is 7.70. The summed E-state index contributed by atoms with van der Waals surface area (Å²) in [6.45, 7) is 3.55. The number of rotatable bonds is 10. The molecule has 0 fully saturated rings. The Morgan fingerprint density at radius 1 is 1.03 bits per heavy atom. The van der Waals surface area contributed by atoms with Crippen LogP contribution in [0.2, 0.25) is 5.02 Å². The standard InChI is InChI=1S/C25H26ClN5O3S/c1-2-31-17-23(25(30-31)19-5-3-6-21(32)15-19)18-11-14-28-24(16-18)27-12-4-13-29-35(33,34)22-9-7-20(26)8-10-22/h3,5-11,14-17,29,32H,2,4,12-13H2,1H3,(H,27,28). The topological polar surface area (TPSA) is 109 Å². The van der Waals surface area contributed by atoms with Crippen molar-refractivity contribution in [2.24, 2.45) is 0 Å². The fourth-order valence-electron chi connectivity index (χ4n) is 3.56. The van der Waals surface area contributed by atoms with Gasteiger partial charge in [-0.15, -0.1) is 0 Å². The molecular formula is C25H26ClN5O3S. The van der Waals surface area contributed by atoms with E-state index in [-0.39, 0.29) is 17.2 Å². The summed E-state index contributed by atoms with van der Waals surface area (Å²) < 4.78 is 29.2. The van der Waals surface area contributed by atoms with Gasteiger partial charge in [-0.3, -0.25) is 4.68 Å². The lowest BCUT2D eigenvalue weighted by molar-refractivity contribution is 0.475. The third kappa shape index (κ3) is 6.19. The average Bonchev–Trinajstić information content (AvgIpc) is 3.29. The van der Waals surface area contributed by atoms with Crippen molar-refractivity contribution in [3.05, 3.63) is 78.1 Å². The molecule has 0 radical (unpaired) electrons. The predicted octanol–water partition coefficient (Wildman–Crippen LogP) is 4.77. The van der Waals surface area contributed by atoms with E-state index in [0.717, 1.165) is 22.4 Å². The Hall–Kier alpha value is -3.40. The summed E-state index contributed by atoms with van der Waals surface area (Å²) in [5.74, 6) is 0.859. The van der Waals surface area contributed by atoms with Crippen molar-refractivity contribution in [1.29, 1.82) is 0 Å². The van der Waals surface area contributed by atoms with E-state index in [2.05, 4.69) is 20.1 Å². The number of halogens is 1. The van der Waals surface area contributed by atoms with Gasteiger partial charge < -0.3 is 10.4 Å². The van der Waals surface area contributed by atoms with Gasteiger partial charge in [0.05, 0.1) is 4.90 Å². The first-order valence-electron chi connectivity index (χ1n) is 11.2. The number of sulfonamides is 1. The largest absolute Gasteiger partial charge is 0.508 e. The number of pyridine rings is 1. The average molecular weight is 512 g/mol. The van der Waals surface area contributed by atoms with E-state index in [1.807, 2.05) is 36.0 Å². The maximum absolute atomic E-state index is 12.4. The molecule has 0 amide bonds. The molecule has 0 unspecified atom stereocenters. The van der Waals surface area contributed by atoms with Crippen molar-refractivity contribution in [3.63, 3.8) is 0 Å². The first kappa shape index (κ1) is 24.7. The molecule has 3 N–H and O–H groups in total. The van der Waals surface area contributed by atoms with Gasteiger partial charge in [-0.05, 0) is 67.4 Å². The summed E-state index contributed by atoms with van der Waals surface area (Å²) in [6, 6.07) is 16.9. The number of nitrogens with zero attached hydrogens (tertiary/aromatic N) is 3. The molecule has 0 bridgehead atoms. The van der Waals surface area contributed by atoms with Crippen molar-refractivity contribution in [1.82, 2.24) is 19.5 Å². The summed E-state index contributed by atoms with van der Waals surface area (Å²) in [6.07, 6.45) is 4.27. The lowest BCUT2D eigenvalue weighted by Gasteiger charge is -2.09. The quantitative estimate of drug-likeness (QED) is 0.264. The molecule has 182 valence electrons. The summed E-state index contributed by atoms with van der Waals surface area (Å²) in [7, 11) is -3.58. The fourth-order valence-corrected chi connectivity index (χ4v) is 4.76. The van der Waals surface area contributed by atoms with Crippen LogP contribution in [0.5, 0.6) is 5.75 Å². The second kappa shape index (κ2) is 10.9. The van der Waals surface area contributed by atoms with Gasteiger partial charge in [0.15, 0.2) is 0 Å². The van der Waals surface area contributed by atoms with Gasteiger partial charge in [0, 0.05) is 48.2 Å². The summed E-state index contributed by atoms with van der Waals surface area (Å²) in [5, 5.41) is 18.3. The highest BCUT2D eigenvalue weighted by molar-refractivity contribution is 7.89. The van der Waals surface area contributed by atoms with Crippen LogP contribution in [0.4, 0.5) is 5.82 Å². The normalized spacial score (nSPS) is 11.5. The number of hydrogen-bond donors (Lipinski definition) is 3. The summed E-state index contributed by atoms with van der Waals surface area (Å²) in [5.41, 5.74) is 3.46. The molecular weight excluding hydrogens is 486 g/mol. The highest BCUT2D eigenvalue weighted by Crippen LogP contribution is 2.33. The maximum Gasteiger partial charge on any atom is 0.240 e. The van der Waals surface area contributed by atoms with Gasteiger partial charge in [0.1, 0.15) is 17.3 Å². The molecule has 4 rings (SSSR count). The van der Waals surface area contributed by atoms with Gasteiger partial charge in [0.2, 0.25) is 10.0 Å². The number of aromatic nitrogens is 3. The third-order valence-electron chi connectivity index (χ3n) is 5.35. The van der Waals surface area contributed by atoms with Crippen LogP contribution in [0.15, 0.2) is 78.0 Å². The van der Waals surface area contributed by atoms with Crippen LogP contribution in [-0.2, 0) is 16.6 Å². The van der Waals surface area contributed by atoms with E-state index < -0.39 is 10.0 Å². The Morgan fingerprint density at radius 2 is 1.83 bits per heavy atom. The molecule has 0 saturated carbocycles. The second-order valence-corrected chi connectivity index (χ2v) is 10.1. The molecule has 8 nitrogen and oxygen atoms in total. The number of phenolic OH excluding ortho intramolecular Hbond substituents is 1. The zero-order valence-electron chi connectivity index (χ0n) is 19.1. The van der Waals surface area contributed by atoms with Crippen molar-refractivity contribution in [2.45, 2.75) is 24.8 Å². The third-order valence-corrected chi connectivity index (χ3v) is 7.08. The first-order valence-corrected chi connectivity index (χ1v) is 13.0. The van der Waals surface area contributed by atoms with Crippen LogP contribution < -0.4 is 10.0 Å². The molecule has 0 atom stereocenters. The number of aromatic hydroxyl groups is 1. The SMILES string of the molecule is CCn1cc(-c2ccnc(NCCCNS(=O)(=O)c3ccc(Cl)cc3)c2)c(-c2cccc(O)c2)n1. The van der Waals surface area contributed by atoms with Crippen LogP contribution in [0, 0.1) is 0 Å². The summed E-state index contributed by atoms with van der Waals surface area (Å²) >= 11 is 5.83. The van der Waals surface area contributed by atoms with E-state index in [4.69, 9.17) is 11.6 Å². The minimum atomic E-state index is -3.58. The van der Waals surface area contributed by atoms with Gasteiger partial charge in [-0.1, -0.05) is 23.7 Å². The first-order chi connectivity index (χ1) is 16.9. The molecule has 0 aliphatic carbocycles. The molecule has 2 heterocycles. The zero-order chi connectivity index (χ0) is 24.8. The van der Waals surface area contributed by atoms with Crippen LogP contribution >= 0.6 is 11.6 Å². The lowest BCUT2D eigenvalue weighted by atomic mass is 10.0. The van der Waals surface area contributed by atoms with Crippen LogP contribution in [-0.4, -0.2) is 41.4 Å². The van der Waals surface area contributed by atoms with Gasteiger partial charge in [0.25, 0.3) is 0 Å². The number of anilines is 1. The van der Waals surface area contributed by atoms with Crippen molar-refractivity contribution in [2.75, 3.05) is 18.4 Å². The van der Waals surface area contributed by atoms with Crippen LogP contribution in [0.1, 0.15) is 13.3 Å². The van der Waals surface area contributed by atoms with E-state index in [0.29, 0.717) is 30.4 Å². The number of aryl methyl sites for hydroxylation is 1. The Balaban J connectivity index is 1.40. The zero-order valence-corrected chi connectivity index (χ0v) is 20.7. The number of hydrogen-bond acceptors (Lipinski definition) is 6. The maximum atomic E-state index is 12.4. The summed E-state index contributed by atoms with van der Waals surface area (Å²) in [4.78, 5) is 4.56. The molecule has 2 aromatic heterocycles. The minimum absolute atomic E-state index is 0.180. The molecule has 4 aromatic rings. The lowest BCUT2D eigenvalue weighted by Crippen LogP contribution is -2.26. The van der Waals surface area contributed by atoms with Crippen LogP contribution in [0.25, 0.3) is 22.4 Å². The van der Waals surface area contributed by atoms with E-state index in [1.54, 1.807) is 36.5 Å². The smallest absolute Gasteiger partial charge is 0.240 e. The van der Waals surface area contributed by atoms with Crippen molar-refractivity contribution in [3.8, 4) is 28.1 Å². The Labute approximate surface area is 209 Å². The molecule has 10 heteroatoms. The number of nitrogens with one attached hydrogen (secondary N) is 2. The molecule has 0 spiro atoms. The van der Waals surface area contributed by atoms with Crippen molar-refractivity contribution >= 4 is 27.4 Å². The predicted molar refractivity (Wildman–Crippen MR) is 138 cm³/mol. The number of benzene rings is 2. The number of phenols is 1. The van der Waals surface area contributed by atoms with E-state index >= 15 is 0 Å². The van der Waals surface area contributed by atoms with E-state index in [9.17, 15) is 13.5 Å². The Morgan fingerprint density at radius 3 is 2.57 bits per heavy atom. The van der Waals surface area contributed by atoms with Gasteiger partial charge in [-0.2, -0.15) is 5.10 Å². The highest BCUT2D eigenvalue weighted by atomic mass is 35.5. The minimum Gasteiger partial charge on any atom is -0.508 e. The molecule has 0 aliphatic heterocycles. The van der Waals surface area contributed by atoms with Crippen LogP contribution in [0.3, 0.4) is 0 Å². The molecule has 0 aliphatic rings. The monoisotopic (exact) mass is 511 g/mol. The van der Waals surface area contributed by atoms with Gasteiger partial charge in [-0.25, -0.2) is 18.1 Å². The molecule has 2 aromatic carbocycles. The fraction of sp³-hybridized carbons (Fsp3) is 0.200. The highest BCUT2D eigenvalue weighted by Gasteiger charge is 2.15. The molecule has 35 heavy (non-hydrogen) atoms. The van der Waals surface area contributed by atoms with E-state index in [1.165, 1.54) is 12.1 Å².